The summed E-state index contributed by atoms with van der Waals surface area (Å²) in [7, 11) is 1.62. The first-order valence-corrected chi connectivity index (χ1v) is 7.41. The number of para-hydroxylation sites is 1. The van der Waals surface area contributed by atoms with Gasteiger partial charge in [0.1, 0.15) is 11.4 Å². The predicted octanol–water partition coefficient (Wildman–Crippen LogP) is 0.565. The molecule has 1 aliphatic rings. The van der Waals surface area contributed by atoms with Crippen LogP contribution in [0.4, 0.5) is 0 Å². The van der Waals surface area contributed by atoms with Crippen LogP contribution in [-0.2, 0) is 0 Å². The summed E-state index contributed by atoms with van der Waals surface area (Å²) >= 11 is 0. The molecular formula is C16H18N4O3. The maximum atomic E-state index is 12.8. The molecular weight excluding hydrogens is 296 g/mol. The molecule has 1 saturated heterocycles. The van der Waals surface area contributed by atoms with Gasteiger partial charge in [0, 0.05) is 31.3 Å². The van der Waals surface area contributed by atoms with Gasteiger partial charge >= 0.3 is 0 Å². The van der Waals surface area contributed by atoms with Gasteiger partial charge in [-0.2, -0.15) is 5.10 Å². The first-order valence-electron chi connectivity index (χ1n) is 7.41. The Labute approximate surface area is 133 Å². The highest BCUT2D eigenvalue weighted by molar-refractivity contribution is 5.92. The smallest absolute Gasteiger partial charge is 0.274 e. The quantitative estimate of drug-likeness (QED) is 0.864. The van der Waals surface area contributed by atoms with Crippen molar-refractivity contribution in [2.45, 2.75) is 6.04 Å². The van der Waals surface area contributed by atoms with Gasteiger partial charge in [-0.15, -0.1) is 0 Å². The van der Waals surface area contributed by atoms with E-state index < -0.39 is 0 Å². The van der Waals surface area contributed by atoms with Crippen LogP contribution in [0.3, 0.4) is 0 Å². The topological polar surface area (TPSA) is 87.3 Å². The zero-order chi connectivity index (χ0) is 16.2. The number of ether oxygens (including phenoxy) is 1. The van der Waals surface area contributed by atoms with Gasteiger partial charge in [-0.3, -0.25) is 9.59 Å². The minimum absolute atomic E-state index is 0.152. The molecule has 1 amide bonds. The molecule has 0 saturated carbocycles. The first kappa shape index (κ1) is 15.2. The number of aromatic amines is 1. The summed E-state index contributed by atoms with van der Waals surface area (Å²) in [6, 6.07) is 10.3. The molecule has 1 aliphatic heterocycles. The van der Waals surface area contributed by atoms with Gasteiger partial charge in [0.25, 0.3) is 11.5 Å². The van der Waals surface area contributed by atoms with Gasteiger partial charge in [0.15, 0.2) is 0 Å². The zero-order valence-electron chi connectivity index (χ0n) is 12.8. The standard InChI is InChI=1S/C16H18N4O3/c1-23-14-5-3-2-4-11(14)13-10-17-8-9-20(13)16(22)12-6-7-15(21)19-18-12/h2-7,13,17H,8-10H2,1H3,(H,19,21). The number of H-pyrrole nitrogens is 1. The summed E-state index contributed by atoms with van der Waals surface area (Å²) in [6.45, 7) is 1.90. The third kappa shape index (κ3) is 3.09. The minimum Gasteiger partial charge on any atom is -0.496 e. The molecule has 3 rings (SSSR count). The lowest BCUT2D eigenvalue weighted by atomic mass is 10.0. The summed E-state index contributed by atoms with van der Waals surface area (Å²) in [5.41, 5.74) is 0.842. The maximum absolute atomic E-state index is 12.8. The van der Waals surface area contributed by atoms with Crippen LogP contribution in [0.25, 0.3) is 0 Å². The van der Waals surface area contributed by atoms with Crippen molar-refractivity contribution in [3.8, 4) is 5.75 Å². The second-order valence-electron chi connectivity index (χ2n) is 5.27. The molecule has 2 aromatic rings. The monoisotopic (exact) mass is 314 g/mol. The molecule has 2 N–H and O–H groups in total. The molecule has 7 nitrogen and oxygen atoms in total. The van der Waals surface area contributed by atoms with E-state index in [1.165, 1.54) is 12.1 Å². The summed E-state index contributed by atoms with van der Waals surface area (Å²) in [6.07, 6.45) is 0. The van der Waals surface area contributed by atoms with Crippen molar-refractivity contribution in [1.29, 1.82) is 0 Å². The summed E-state index contributed by atoms with van der Waals surface area (Å²) in [5, 5.41) is 9.45. The minimum atomic E-state index is -0.330. The number of amides is 1. The lowest BCUT2D eigenvalue weighted by Crippen LogP contribution is -2.49. The van der Waals surface area contributed by atoms with Crippen molar-refractivity contribution >= 4 is 5.91 Å². The average Bonchev–Trinajstić information content (AvgIpc) is 2.62. The third-order valence-electron chi connectivity index (χ3n) is 3.90. The van der Waals surface area contributed by atoms with Crippen LogP contribution in [0.5, 0.6) is 5.75 Å². The van der Waals surface area contributed by atoms with Crippen molar-refractivity contribution in [2.75, 3.05) is 26.7 Å². The van der Waals surface area contributed by atoms with Crippen molar-refractivity contribution in [3.05, 3.63) is 58.0 Å². The van der Waals surface area contributed by atoms with E-state index in [9.17, 15) is 9.59 Å². The number of nitrogens with zero attached hydrogens (tertiary/aromatic N) is 2. The van der Waals surface area contributed by atoms with Gasteiger partial charge in [0.2, 0.25) is 0 Å². The van der Waals surface area contributed by atoms with Crippen molar-refractivity contribution < 1.29 is 9.53 Å². The Bertz CT molecular complexity index is 738. The number of aromatic nitrogens is 2. The van der Waals surface area contributed by atoms with Gasteiger partial charge in [-0.05, 0) is 12.1 Å². The second kappa shape index (κ2) is 6.62. The lowest BCUT2D eigenvalue weighted by Gasteiger charge is -2.36. The van der Waals surface area contributed by atoms with E-state index in [1.54, 1.807) is 12.0 Å². The molecule has 23 heavy (non-hydrogen) atoms. The maximum Gasteiger partial charge on any atom is 0.274 e. The summed E-state index contributed by atoms with van der Waals surface area (Å²) in [5.74, 6) is 0.534. The SMILES string of the molecule is COc1ccccc1C1CNCCN1C(=O)c1ccc(=O)[nH]n1. The Hall–Kier alpha value is -2.67. The largest absolute Gasteiger partial charge is 0.496 e. The number of piperazine rings is 1. The van der Waals surface area contributed by atoms with E-state index in [2.05, 4.69) is 15.5 Å². The van der Waals surface area contributed by atoms with E-state index in [4.69, 9.17) is 4.74 Å². The van der Waals surface area contributed by atoms with Crippen LogP contribution in [0.1, 0.15) is 22.1 Å². The van der Waals surface area contributed by atoms with Crippen molar-refractivity contribution in [3.63, 3.8) is 0 Å². The summed E-state index contributed by atoms with van der Waals surface area (Å²) in [4.78, 5) is 25.6. The van der Waals surface area contributed by atoms with Crippen LogP contribution in [0, 0.1) is 0 Å². The molecule has 0 aliphatic carbocycles. The van der Waals surface area contributed by atoms with E-state index in [1.807, 2.05) is 24.3 Å². The number of carbonyl (C=O) groups excluding carboxylic acids is 1. The normalized spacial score (nSPS) is 17.8. The predicted molar refractivity (Wildman–Crippen MR) is 84.5 cm³/mol. The fourth-order valence-corrected chi connectivity index (χ4v) is 2.78. The van der Waals surface area contributed by atoms with Crippen LogP contribution >= 0.6 is 0 Å². The number of rotatable bonds is 3. The van der Waals surface area contributed by atoms with Gasteiger partial charge in [0.05, 0.1) is 13.2 Å². The van der Waals surface area contributed by atoms with Crippen molar-refractivity contribution in [2.24, 2.45) is 0 Å². The Morgan fingerprint density at radius 1 is 1.30 bits per heavy atom. The summed E-state index contributed by atoms with van der Waals surface area (Å²) < 4.78 is 5.42. The van der Waals surface area contributed by atoms with E-state index in [0.717, 1.165) is 11.3 Å². The van der Waals surface area contributed by atoms with Gasteiger partial charge in [-0.25, -0.2) is 5.10 Å². The third-order valence-corrected chi connectivity index (χ3v) is 3.90. The van der Waals surface area contributed by atoms with Crippen LogP contribution < -0.4 is 15.6 Å². The molecule has 120 valence electrons. The molecule has 1 fully saturated rings. The fourth-order valence-electron chi connectivity index (χ4n) is 2.78. The fraction of sp³-hybridized carbons (Fsp3) is 0.312. The van der Waals surface area contributed by atoms with Crippen LogP contribution in [0.2, 0.25) is 0 Å². The highest BCUT2D eigenvalue weighted by atomic mass is 16.5. The Kier molecular flexibility index (Phi) is 4.38. The molecule has 0 radical (unpaired) electrons. The van der Waals surface area contributed by atoms with Gasteiger partial charge < -0.3 is 15.0 Å². The second-order valence-corrected chi connectivity index (χ2v) is 5.27. The number of carbonyl (C=O) groups is 1. The number of benzene rings is 1. The highest BCUT2D eigenvalue weighted by Gasteiger charge is 2.31. The number of hydrogen-bond acceptors (Lipinski definition) is 5. The van der Waals surface area contributed by atoms with Gasteiger partial charge in [-0.1, -0.05) is 18.2 Å². The Morgan fingerprint density at radius 3 is 2.87 bits per heavy atom. The Morgan fingerprint density at radius 2 is 2.13 bits per heavy atom. The lowest BCUT2D eigenvalue weighted by molar-refractivity contribution is 0.0624. The molecule has 1 aromatic carbocycles. The van der Waals surface area contributed by atoms with Crippen LogP contribution in [0.15, 0.2) is 41.2 Å². The average molecular weight is 314 g/mol. The number of methoxy groups -OCH3 is 1. The molecule has 1 unspecified atom stereocenters. The number of hydrogen-bond donors (Lipinski definition) is 2. The molecule has 2 heterocycles. The first-order chi connectivity index (χ1) is 11.2. The van der Waals surface area contributed by atoms with E-state index >= 15 is 0 Å². The molecule has 1 aromatic heterocycles. The molecule has 0 spiro atoms. The van der Waals surface area contributed by atoms with E-state index in [-0.39, 0.29) is 23.2 Å². The van der Waals surface area contributed by atoms with Crippen molar-refractivity contribution in [1.82, 2.24) is 20.4 Å². The zero-order valence-corrected chi connectivity index (χ0v) is 12.8. The highest BCUT2D eigenvalue weighted by Crippen LogP contribution is 2.30. The van der Waals surface area contributed by atoms with E-state index in [0.29, 0.717) is 19.6 Å². The molecule has 0 bridgehead atoms. The molecule has 1 atom stereocenters. The number of nitrogens with one attached hydrogen (secondary N) is 2. The van der Waals surface area contributed by atoms with Crippen LogP contribution in [-0.4, -0.2) is 47.7 Å². The molecule has 7 heteroatoms. The Balaban J connectivity index is 1.94.